The molecule has 0 bridgehead atoms. The van der Waals surface area contributed by atoms with Crippen LogP contribution in [0.4, 0.5) is 0 Å². The summed E-state index contributed by atoms with van der Waals surface area (Å²) in [4.78, 5) is 0. The van der Waals surface area contributed by atoms with Crippen LogP contribution < -0.4 is 0 Å². The molecule has 0 aromatic heterocycles. The van der Waals surface area contributed by atoms with Crippen LogP contribution >= 0.6 is 0 Å². The van der Waals surface area contributed by atoms with Gasteiger partial charge in [0, 0.05) is 5.56 Å². The van der Waals surface area contributed by atoms with Gasteiger partial charge in [0.25, 0.3) is 8.32 Å². The predicted octanol–water partition coefficient (Wildman–Crippen LogP) is 7.46. The van der Waals surface area contributed by atoms with Crippen LogP contribution in [0.25, 0.3) is 5.76 Å². The van der Waals surface area contributed by atoms with Crippen LogP contribution in [0.15, 0.2) is 66.7 Å². The van der Waals surface area contributed by atoms with Gasteiger partial charge in [-0.25, -0.2) is 0 Å². The normalized spacial score (nSPS) is 12.9. The van der Waals surface area contributed by atoms with Crippen molar-refractivity contribution < 1.29 is 4.43 Å². The van der Waals surface area contributed by atoms with Gasteiger partial charge in [-0.1, -0.05) is 102 Å². The fourth-order valence-electron chi connectivity index (χ4n) is 4.19. The molecule has 2 aromatic carbocycles. The van der Waals surface area contributed by atoms with E-state index in [2.05, 4.69) is 108 Å². The third-order valence-corrected chi connectivity index (χ3v) is 11.4. The molecule has 0 radical (unpaired) electrons. The second-order valence-corrected chi connectivity index (χ2v) is 13.4. The second-order valence-electron chi connectivity index (χ2n) is 8.04. The fraction of sp³-hybridized carbons (Fsp3) is 0.417. The Morgan fingerprint density at radius 2 is 1.23 bits per heavy atom. The molecule has 0 unspecified atom stereocenters. The lowest BCUT2D eigenvalue weighted by molar-refractivity contribution is 0.443. The molecule has 0 fully saturated rings. The summed E-state index contributed by atoms with van der Waals surface area (Å²) < 4.78 is 7.03. The lowest BCUT2D eigenvalue weighted by atomic mass is 10.1. The van der Waals surface area contributed by atoms with Crippen molar-refractivity contribution in [2.24, 2.45) is 0 Å². The Kier molecular flexibility index (Phi) is 7.28. The Balaban J connectivity index is 2.43. The quantitative estimate of drug-likeness (QED) is 0.348. The van der Waals surface area contributed by atoms with E-state index in [-0.39, 0.29) is 0 Å². The van der Waals surface area contributed by atoms with Crippen LogP contribution in [-0.2, 0) is 10.8 Å². The van der Waals surface area contributed by atoms with Gasteiger partial charge in [-0.15, -0.1) is 0 Å². The van der Waals surface area contributed by atoms with Crippen molar-refractivity contribution in [1.29, 1.82) is 0 Å². The van der Waals surface area contributed by atoms with Gasteiger partial charge in [-0.05, 0) is 34.7 Å². The predicted molar refractivity (Wildman–Crippen MR) is 117 cm³/mol. The maximum absolute atomic E-state index is 7.03. The molecule has 2 heteroatoms. The average molecular weight is 367 g/mol. The summed E-state index contributed by atoms with van der Waals surface area (Å²) in [5.41, 5.74) is 4.18. The van der Waals surface area contributed by atoms with Crippen molar-refractivity contribution in [2.75, 3.05) is 0 Å². The molecule has 0 aliphatic heterocycles. The molecule has 1 nitrogen and oxygen atoms in total. The average Bonchev–Trinajstić information content (AvgIpc) is 2.62. The minimum Gasteiger partial charge on any atom is -0.542 e. The van der Waals surface area contributed by atoms with E-state index < -0.39 is 8.32 Å². The summed E-state index contributed by atoms with van der Waals surface area (Å²) in [6.07, 6.45) is 3.17. The van der Waals surface area contributed by atoms with Crippen molar-refractivity contribution in [2.45, 2.75) is 64.6 Å². The number of benzene rings is 2. The monoisotopic (exact) mass is 366 g/mol. The Morgan fingerprint density at radius 3 is 1.69 bits per heavy atom. The van der Waals surface area contributed by atoms with E-state index in [4.69, 9.17) is 4.43 Å². The third kappa shape index (κ3) is 4.67. The van der Waals surface area contributed by atoms with Gasteiger partial charge in [0.2, 0.25) is 0 Å². The SMILES string of the molecule is CC(C)[Si](O/C(=C\Cc1ccccc1)c1ccccc1)(C(C)C)C(C)C. The molecular weight excluding hydrogens is 332 g/mol. The summed E-state index contributed by atoms with van der Waals surface area (Å²) >= 11 is 0. The largest absolute Gasteiger partial charge is 0.542 e. The maximum Gasteiger partial charge on any atom is 0.258 e. The first kappa shape index (κ1) is 20.5. The zero-order valence-electron chi connectivity index (χ0n) is 17.2. The molecule has 0 aliphatic carbocycles. The van der Waals surface area contributed by atoms with E-state index in [1.165, 1.54) is 11.1 Å². The van der Waals surface area contributed by atoms with E-state index in [9.17, 15) is 0 Å². The second kappa shape index (κ2) is 9.23. The molecule has 140 valence electrons. The summed E-state index contributed by atoms with van der Waals surface area (Å²) in [6, 6.07) is 21.2. The summed E-state index contributed by atoms with van der Waals surface area (Å²) in [5, 5.41) is 0. The van der Waals surface area contributed by atoms with Crippen LogP contribution in [0.5, 0.6) is 0 Å². The van der Waals surface area contributed by atoms with Gasteiger partial charge >= 0.3 is 0 Å². The van der Waals surface area contributed by atoms with Crippen molar-refractivity contribution in [3.63, 3.8) is 0 Å². The molecule has 2 aromatic rings. The van der Waals surface area contributed by atoms with Crippen molar-refractivity contribution in [3.8, 4) is 0 Å². The molecular formula is C24H34OSi. The molecule has 2 rings (SSSR count). The van der Waals surface area contributed by atoms with Gasteiger partial charge in [-0.2, -0.15) is 0 Å². The molecule has 0 aliphatic rings. The van der Waals surface area contributed by atoms with E-state index in [0.717, 1.165) is 12.2 Å². The van der Waals surface area contributed by atoms with E-state index in [1.807, 2.05) is 0 Å². The first-order chi connectivity index (χ1) is 12.4. The van der Waals surface area contributed by atoms with Gasteiger partial charge in [-0.3, -0.25) is 0 Å². The number of rotatable bonds is 8. The third-order valence-electron chi connectivity index (χ3n) is 5.42. The first-order valence-electron chi connectivity index (χ1n) is 9.86. The summed E-state index contributed by atoms with van der Waals surface area (Å²) in [7, 11) is -1.98. The van der Waals surface area contributed by atoms with E-state index in [0.29, 0.717) is 16.6 Å². The van der Waals surface area contributed by atoms with Gasteiger partial charge in [0.05, 0.1) is 0 Å². The highest BCUT2D eigenvalue weighted by molar-refractivity contribution is 6.78. The van der Waals surface area contributed by atoms with Crippen LogP contribution in [0.1, 0.15) is 52.7 Å². The molecule has 26 heavy (non-hydrogen) atoms. The standard InChI is InChI=1S/C24H34OSi/c1-19(2)26(20(3)4,21(5)6)25-24(23-15-11-8-12-16-23)18-17-22-13-9-7-10-14-22/h7-16,18-21H,17H2,1-6H3/b24-18-. The smallest absolute Gasteiger partial charge is 0.258 e. The number of hydrogen-bond acceptors (Lipinski definition) is 1. The van der Waals surface area contributed by atoms with Crippen LogP contribution in [-0.4, -0.2) is 8.32 Å². The summed E-state index contributed by atoms with van der Waals surface area (Å²) in [5.74, 6) is 1.05. The lowest BCUT2D eigenvalue weighted by Crippen LogP contribution is -2.47. The highest BCUT2D eigenvalue weighted by atomic mass is 28.4. The fourth-order valence-corrected chi connectivity index (χ4v) is 9.48. The molecule has 0 saturated heterocycles. The minimum atomic E-state index is -1.98. The molecule has 0 N–H and O–H groups in total. The zero-order chi connectivity index (χ0) is 19.2. The molecule has 0 saturated carbocycles. The van der Waals surface area contributed by atoms with Crippen LogP contribution in [0, 0.1) is 0 Å². The maximum atomic E-state index is 7.03. The van der Waals surface area contributed by atoms with E-state index >= 15 is 0 Å². The van der Waals surface area contributed by atoms with Crippen molar-refractivity contribution in [1.82, 2.24) is 0 Å². The van der Waals surface area contributed by atoms with Crippen molar-refractivity contribution in [3.05, 3.63) is 77.9 Å². The topological polar surface area (TPSA) is 9.23 Å². The Labute approximate surface area is 161 Å². The van der Waals surface area contributed by atoms with Gasteiger partial charge in [0.1, 0.15) is 5.76 Å². The zero-order valence-corrected chi connectivity index (χ0v) is 18.2. The van der Waals surface area contributed by atoms with E-state index in [1.54, 1.807) is 0 Å². The molecule has 0 spiro atoms. The first-order valence-corrected chi connectivity index (χ1v) is 12.0. The van der Waals surface area contributed by atoms with Gasteiger partial charge in [0.15, 0.2) is 0 Å². The lowest BCUT2D eigenvalue weighted by Gasteiger charge is -2.43. The minimum absolute atomic E-state index is 0.561. The molecule has 0 amide bonds. The molecule has 0 heterocycles. The number of allylic oxidation sites excluding steroid dienone is 1. The highest BCUT2D eigenvalue weighted by Gasteiger charge is 2.47. The van der Waals surface area contributed by atoms with Crippen molar-refractivity contribution >= 4 is 14.1 Å². The molecule has 0 atom stereocenters. The van der Waals surface area contributed by atoms with Crippen LogP contribution in [0.2, 0.25) is 16.6 Å². The number of hydrogen-bond donors (Lipinski definition) is 0. The summed E-state index contributed by atoms with van der Waals surface area (Å²) in [6.45, 7) is 14.0. The van der Waals surface area contributed by atoms with Crippen LogP contribution in [0.3, 0.4) is 0 Å². The highest BCUT2D eigenvalue weighted by Crippen LogP contribution is 2.44. The van der Waals surface area contributed by atoms with Gasteiger partial charge < -0.3 is 4.43 Å². The Morgan fingerprint density at radius 1 is 0.769 bits per heavy atom. The Bertz CT molecular complexity index is 665. The Hall–Kier alpha value is -1.80.